The van der Waals surface area contributed by atoms with Gasteiger partial charge in [0, 0.05) is 0 Å². The van der Waals surface area contributed by atoms with Crippen LogP contribution in [0.5, 0.6) is 0 Å². The fourth-order valence-corrected chi connectivity index (χ4v) is 2.90. The Morgan fingerprint density at radius 1 is 0.656 bits per heavy atom. The number of hydrogen-bond acceptors (Lipinski definition) is 2. The van der Waals surface area contributed by atoms with Gasteiger partial charge in [-0.1, -0.05) is 64.3 Å². The molecular formula is C30H52O2. The Hall–Kier alpha value is -1.64. The minimum Gasteiger partial charge on any atom is -0.392 e. The standard InChI is InChI=1S/2C15H26O/c1-13(2)7-5-8-14(3)9-6-10-15(4)11-12-16;1-6-15(5,16)12-8-11-14(4)10-7-9-13(2)3/h7,9,11,16H,5-6,8,10,12H2,1-4H3;6,9,11,16H,1,7-8,10,12H2,2-5H3/b14-9+,15-11+;14-11+. The number of hydrogen-bond donors (Lipinski definition) is 2. The Kier molecular flexibility index (Phi) is 20.3. The van der Waals surface area contributed by atoms with E-state index in [2.05, 4.69) is 79.3 Å². The van der Waals surface area contributed by atoms with Crippen molar-refractivity contribution in [3.05, 3.63) is 70.9 Å². The summed E-state index contributed by atoms with van der Waals surface area (Å²) in [6, 6.07) is 0. The summed E-state index contributed by atoms with van der Waals surface area (Å²) in [6.45, 7) is 20.5. The third-order valence-corrected chi connectivity index (χ3v) is 5.24. The van der Waals surface area contributed by atoms with Gasteiger partial charge in [0.1, 0.15) is 0 Å². The molecule has 0 fully saturated rings. The van der Waals surface area contributed by atoms with E-state index in [9.17, 15) is 5.11 Å². The van der Waals surface area contributed by atoms with E-state index >= 15 is 0 Å². The van der Waals surface area contributed by atoms with Crippen molar-refractivity contribution in [2.24, 2.45) is 0 Å². The minimum absolute atomic E-state index is 0.162. The second kappa shape index (κ2) is 20.0. The third-order valence-electron chi connectivity index (χ3n) is 5.24. The molecule has 184 valence electrons. The summed E-state index contributed by atoms with van der Waals surface area (Å²) in [4.78, 5) is 0. The zero-order chi connectivity index (χ0) is 25.0. The normalized spacial score (nSPS) is 14.1. The molecule has 0 aromatic rings. The summed E-state index contributed by atoms with van der Waals surface area (Å²) in [7, 11) is 0. The van der Waals surface area contributed by atoms with E-state index in [1.54, 1.807) is 13.0 Å². The molecule has 0 bridgehead atoms. The number of aliphatic hydroxyl groups is 2. The maximum Gasteiger partial charge on any atom is 0.0800 e. The first-order valence-corrected chi connectivity index (χ1v) is 12.1. The summed E-state index contributed by atoms with van der Waals surface area (Å²) in [5, 5.41) is 18.4. The lowest BCUT2D eigenvalue weighted by atomic mass is 9.99. The van der Waals surface area contributed by atoms with E-state index < -0.39 is 5.60 Å². The van der Waals surface area contributed by atoms with Crippen molar-refractivity contribution in [1.82, 2.24) is 0 Å². The lowest BCUT2D eigenvalue weighted by molar-refractivity contribution is 0.103. The van der Waals surface area contributed by atoms with Gasteiger partial charge in [-0.2, -0.15) is 0 Å². The first kappa shape index (κ1) is 32.5. The van der Waals surface area contributed by atoms with Gasteiger partial charge in [-0.25, -0.2) is 0 Å². The van der Waals surface area contributed by atoms with Gasteiger partial charge in [-0.15, -0.1) is 6.58 Å². The van der Waals surface area contributed by atoms with Gasteiger partial charge < -0.3 is 10.2 Å². The molecule has 0 saturated carbocycles. The minimum atomic E-state index is -0.726. The highest BCUT2D eigenvalue weighted by molar-refractivity contribution is 5.05. The van der Waals surface area contributed by atoms with Crippen molar-refractivity contribution in [3.8, 4) is 0 Å². The van der Waals surface area contributed by atoms with Crippen molar-refractivity contribution < 1.29 is 10.2 Å². The first-order valence-electron chi connectivity index (χ1n) is 12.1. The number of allylic oxidation sites excluding steroid dienone is 9. The lowest BCUT2D eigenvalue weighted by Gasteiger charge is -2.16. The number of rotatable bonds is 14. The van der Waals surface area contributed by atoms with Gasteiger partial charge in [-0.05, 0) is 107 Å². The van der Waals surface area contributed by atoms with Crippen LogP contribution < -0.4 is 0 Å². The van der Waals surface area contributed by atoms with Crippen LogP contribution in [0.1, 0.15) is 107 Å². The Bertz CT molecular complexity index is 646. The molecule has 0 rings (SSSR count). The van der Waals surface area contributed by atoms with Crippen molar-refractivity contribution in [3.63, 3.8) is 0 Å². The van der Waals surface area contributed by atoms with Crippen LogP contribution in [0.3, 0.4) is 0 Å². The smallest absolute Gasteiger partial charge is 0.0800 e. The maximum absolute atomic E-state index is 9.73. The van der Waals surface area contributed by atoms with E-state index in [0.29, 0.717) is 0 Å². The first-order chi connectivity index (χ1) is 14.9. The highest BCUT2D eigenvalue weighted by Crippen LogP contribution is 2.15. The molecule has 0 amide bonds. The van der Waals surface area contributed by atoms with Gasteiger partial charge in [0.05, 0.1) is 12.2 Å². The van der Waals surface area contributed by atoms with Crippen molar-refractivity contribution in [1.29, 1.82) is 0 Å². The van der Waals surface area contributed by atoms with Gasteiger partial charge in [-0.3, -0.25) is 0 Å². The van der Waals surface area contributed by atoms with Crippen LogP contribution in [0, 0.1) is 0 Å². The summed E-state index contributed by atoms with van der Waals surface area (Å²) in [5.41, 5.74) is 6.19. The largest absolute Gasteiger partial charge is 0.392 e. The van der Waals surface area contributed by atoms with Crippen LogP contribution in [0.2, 0.25) is 0 Å². The molecule has 2 nitrogen and oxygen atoms in total. The molecule has 1 atom stereocenters. The molecule has 0 aliphatic heterocycles. The maximum atomic E-state index is 9.73. The van der Waals surface area contributed by atoms with Gasteiger partial charge >= 0.3 is 0 Å². The van der Waals surface area contributed by atoms with Gasteiger partial charge in [0.2, 0.25) is 0 Å². The summed E-state index contributed by atoms with van der Waals surface area (Å²) in [5.74, 6) is 0. The molecule has 2 N–H and O–H groups in total. The topological polar surface area (TPSA) is 40.5 Å². The van der Waals surface area contributed by atoms with Crippen LogP contribution in [0.15, 0.2) is 70.9 Å². The molecule has 32 heavy (non-hydrogen) atoms. The fourth-order valence-electron chi connectivity index (χ4n) is 2.90. The second-order valence-corrected chi connectivity index (χ2v) is 9.61. The van der Waals surface area contributed by atoms with Crippen LogP contribution in [-0.2, 0) is 0 Å². The van der Waals surface area contributed by atoms with Gasteiger partial charge in [0.15, 0.2) is 0 Å². The summed E-state index contributed by atoms with van der Waals surface area (Å²) >= 11 is 0. The van der Waals surface area contributed by atoms with E-state index in [0.717, 1.165) is 51.4 Å². The summed E-state index contributed by atoms with van der Waals surface area (Å²) < 4.78 is 0. The SMILES string of the molecule is C=CC(C)(O)CC/C=C(\C)CCC=C(C)C.CC(C)=CCC/C(C)=C/CC/C(C)=C/CO. The third kappa shape index (κ3) is 24.6. The van der Waals surface area contributed by atoms with E-state index in [1.807, 2.05) is 6.08 Å². The molecule has 0 spiro atoms. The quantitative estimate of drug-likeness (QED) is 0.263. The van der Waals surface area contributed by atoms with Crippen LogP contribution in [-0.4, -0.2) is 22.4 Å². The molecular weight excluding hydrogens is 392 g/mol. The molecule has 1 unspecified atom stereocenters. The Morgan fingerprint density at radius 3 is 1.41 bits per heavy atom. The Balaban J connectivity index is 0. The zero-order valence-electron chi connectivity index (χ0n) is 22.4. The highest BCUT2D eigenvalue weighted by Gasteiger charge is 2.13. The van der Waals surface area contributed by atoms with E-state index in [4.69, 9.17) is 5.11 Å². The van der Waals surface area contributed by atoms with Crippen LogP contribution >= 0.6 is 0 Å². The number of aliphatic hydroxyl groups excluding tert-OH is 1. The van der Waals surface area contributed by atoms with Crippen molar-refractivity contribution in [2.45, 2.75) is 112 Å². The Morgan fingerprint density at radius 2 is 1.03 bits per heavy atom. The molecule has 0 radical (unpaired) electrons. The average Bonchev–Trinajstić information content (AvgIpc) is 2.68. The zero-order valence-corrected chi connectivity index (χ0v) is 22.4. The van der Waals surface area contributed by atoms with E-state index in [-0.39, 0.29) is 6.61 Å². The molecule has 2 heteroatoms. The molecule has 0 saturated heterocycles. The van der Waals surface area contributed by atoms with Crippen molar-refractivity contribution >= 4 is 0 Å². The van der Waals surface area contributed by atoms with Crippen molar-refractivity contribution in [2.75, 3.05) is 6.61 Å². The molecule has 0 aromatic carbocycles. The highest BCUT2D eigenvalue weighted by atomic mass is 16.3. The molecule has 0 aliphatic carbocycles. The average molecular weight is 445 g/mol. The predicted molar refractivity (Wildman–Crippen MR) is 145 cm³/mol. The van der Waals surface area contributed by atoms with Crippen LogP contribution in [0.25, 0.3) is 0 Å². The van der Waals surface area contributed by atoms with Crippen LogP contribution in [0.4, 0.5) is 0 Å². The molecule has 0 heterocycles. The monoisotopic (exact) mass is 444 g/mol. The predicted octanol–water partition coefficient (Wildman–Crippen LogP) is 8.79. The second-order valence-electron chi connectivity index (χ2n) is 9.61. The Labute approximate surface area is 200 Å². The summed E-state index contributed by atoms with van der Waals surface area (Å²) in [6.07, 6.45) is 20.9. The van der Waals surface area contributed by atoms with Gasteiger partial charge in [0.25, 0.3) is 0 Å². The van der Waals surface area contributed by atoms with E-state index in [1.165, 1.54) is 27.9 Å². The fraction of sp³-hybridized carbons (Fsp3) is 0.600. The molecule has 0 aromatic heterocycles. The molecule has 0 aliphatic rings. The lowest BCUT2D eigenvalue weighted by Crippen LogP contribution is -2.19.